The van der Waals surface area contributed by atoms with Gasteiger partial charge in [0, 0.05) is 18.8 Å². The van der Waals surface area contributed by atoms with Crippen molar-refractivity contribution in [2.75, 3.05) is 0 Å². The molecule has 0 heterocycles. The second-order valence-electron chi connectivity index (χ2n) is 5.40. The van der Waals surface area contributed by atoms with E-state index < -0.39 is 5.41 Å². The number of rotatable bonds is 2. The molecule has 1 aromatic rings. The number of hydrogen-bond acceptors (Lipinski definition) is 3. The highest BCUT2D eigenvalue weighted by atomic mass is 16.5. The lowest BCUT2D eigenvalue weighted by atomic mass is 9.75. The van der Waals surface area contributed by atoms with Crippen LogP contribution in [0.3, 0.4) is 0 Å². The molecule has 3 rings (SSSR count). The summed E-state index contributed by atoms with van der Waals surface area (Å²) < 4.78 is 5.14. The lowest BCUT2D eigenvalue weighted by Crippen LogP contribution is -2.22. The van der Waals surface area contributed by atoms with Crippen molar-refractivity contribution in [3.8, 4) is 0 Å². The quantitative estimate of drug-likeness (QED) is 0.617. The van der Waals surface area contributed by atoms with Crippen LogP contribution in [0.5, 0.6) is 0 Å². The normalized spacial score (nSPS) is 27.0. The molecule has 3 heteroatoms. The molecule has 1 spiro atoms. The Morgan fingerprint density at radius 1 is 1.19 bits per heavy atom. The zero-order valence-corrected chi connectivity index (χ0v) is 11.8. The van der Waals surface area contributed by atoms with Gasteiger partial charge in [0.25, 0.3) is 0 Å². The Hall–Kier alpha value is -2.42. The third kappa shape index (κ3) is 2.59. The highest BCUT2D eigenvalue weighted by Gasteiger charge is 2.39. The molecule has 0 fully saturated rings. The summed E-state index contributed by atoms with van der Waals surface area (Å²) in [6, 6.07) is 9.89. The van der Waals surface area contributed by atoms with Crippen LogP contribution in [0, 0.1) is 5.41 Å². The zero-order chi connectivity index (χ0) is 14.9. The summed E-state index contributed by atoms with van der Waals surface area (Å²) in [6.07, 6.45) is 9.44. The predicted octanol–water partition coefficient (Wildman–Crippen LogP) is 3.09. The lowest BCUT2D eigenvalue weighted by molar-refractivity contribution is -0.142. The van der Waals surface area contributed by atoms with E-state index in [0.29, 0.717) is 6.42 Å². The molecule has 0 aromatic heterocycles. The molecule has 0 saturated carbocycles. The van der Waals surface area contributed by atoms with E-state index in [1.165, 1.54) is 6.92 Å². The van der Waals surface area contributed by atoms with E-state index in [2.05, 4.69) is 0 Å². The average molecular weight is 280 g/mol. The Balaban J connectivity index is 1.92. The molecular formula is C18H16O3. The molecule has 1 aromatic carbocycles. The minimum Gasteiger partial charge on any atom is -0.454 e. The van der Waals surface area contributed by atoms with E-state index in [-0.39, 0.29) is 17.9 Å². The topological polar surface area (TPSA) is 43.4 Å². The van der Waals surface area contributed by atoms with Gasteiger partial charge in [0.05, 0.1) is 0 Å². The largest absolute Gasteiger partial charge is 0.454 e. The summed E-state index contributed by atoms with van der Waals surface area (Å²) in [6.45, 7) is 1.39. The van der Waals surface area contributed by atoms with Crippen molar-refractivity contribution in [2.24, 2.45) is 5.41 Å². The molecule has 3 nitrogen and oxygen atoms in total. The minimum atomic E-state index is -0.408. The summed E-state index contributed by atoms with van der Waals surface area (Å²) in [5.41, 5.74) is 1.64. The third-order valence-electron chi connectivity index (χ3n) is 3.83. The molecular weight excluding hydrogens is 264 g/mol. The maximum atomic E-state index is 11.9. The lowest BCUT2D eigenvalue weighted by Gasteiger charge is -2.29. The van der Waals surface area contributed by atoms with Crippen molar-refractivity contribution in [3.63, 3.8) is 0 Å². The molecule has 2 aliphatic carbocycles. The molecule has 0 atom stereocenters. The van der Waals surface area contributed by atoms with Gasteiger partial charge >= 0.3 is 5.97 Å². The monoisotopic (exact) mass is 280 g/mol. The van der Waals surface area contributed by atoms with E-state index >= 15 is 0 Å². The Morgan fingerprint density at radius 2 is 1.86 bits per heavy atom. The van der Waals surface area contributed by atoms with Crippen LogP contribution >= 0.6 is 0 Å². The maximum Gasteiger partial charge on any atom is 0.303 e. The van der Waals surface area contributed by atoms with Crippen molar-refractivity contribution in [2.45, 2.75) is 19.4 Å². The van der Waals surface area contributed by atoms with Gasteiger partial charge in [-0.25, -0.2) is 0 Å². The summed E-state index contributed by atoms with van der Waals surface area (Å²) >= 11 is 0. The van der Waals surface area contributed by atoms with Gasteiger partial charge in [0.15, 0.2) is 5.78 Å². The van der Waals surface area contributed by atoms with Crippen LogP contribution in [0.1, 0.15) is 18.9 Å². The van der Waals surface area contributed by atoms with Crippen LogP contribution in [-0.4, -0.2) is 17.9 Å². The van der Waals surface area contributed by atoms with Gasteiger partial charge in [-0.1, -0.05) is 42.5 Å². The van der Waals surface area contributed by atoms with Crippen molar-refractivity contribution in [3.05, 3.63) is 66.3 Å². The molecule has 2 aliphatic rings. The van der Waals surface area contributed by atoms with Crippen molar-refractivity contribution >= 4 is 17.3 Å². The van der Waals surface area contributed by atoms with Gasteiger partial charge in [-0.3, -0.25) is 9.59 Å². The van der Waals surface area contributed by atoms with E-state index in [1.54, 1.807) is 6.08 Å². The molecule has 0 saturated heterocycles. The van der Waals surface area contributed by atoms with Crippen LogP contribution in [0.15, 0.2) is 60.7 Å². The summed E-state index contributed by atoms with van der Waals surface area (Å²) in [5, 5.41) is 0. The summed E-state index contributed by atoms with van der Waals surface area (Å²) in [5.74, 6) is -0.194. The Bertz CT molecular complexity index is 651. The van der Waals surface area contributed by atoms with Gasteiger partial charge < -0.3 is 4.74 Å². The van der Waals surface area contributed by atoms with E-state index in [4.69, 9.17) is 4.74 Å². The number of ketones is 1. The second-order valence-corrected chi connectivity index (χ2v) is 5.40. The standard InChI is InChI=1S/C18H16O3/c1-13(19)21-16-7-9-18(10-8-16)12-15(20)11-17(18)14-5-3-2-4-6-14/h2-11,16H,12H2,1H3. The SMILES string of the molecule is CC(=O)OC1C=CC2(C=C1)CC(=O)C=C2c1ccccc1. The van der Waals surface area contributed by atoms with Crippen LogP contribution < -0.4 is 0 Å². The van der Waals surface area contributed by atoms with Gasteiger partial charge in [-0.05, 0) is 29.4 Å². The Labute approximate surface area is 123 Å². The van der Waals surface area contributed by atoms with Crippen molar-refractivity contribution in [1.29, 1.82) is 0 Å². The first kappa shape index (κ1) is 13.6. The van der Waals surface area contributed by atoms with Crippen molar-refractivity contribution < 1.29 is 14.3 Å². The number of allylic oxidation sites excluding steroid dienone is 4. The fourth-order valence-corrected chi connectivity index (χ4v) is 2.92. The van der Waals surface area contributed by atoms with Crippen LogP contribution in [0.4, 0.5) is 0 Å². The molecule has 0 aliphatic heterocycles. The van der Waals surface area contributed by atoms with E-state index in [1.807, 2.05) is 54.6 Å². The van der Waals surface area contributed by atoms with Crippen LogP contribution in [0.25, 0.3) is 5.57 Å². The van der Waals surface area contributed by atoms with E-state index in [9.17, 15) is 9.59 Å². The number of esters is 1. The molecule has 0 unspecified atom stereocenters. The first-order valence-electron chi connectivity index (χ1n) is 6.95. The van der Waals surface area contributed by atoms with Crippen LogP contribution in [-0.2, 0) is 14.3 Å². The second kappa shape index (κ2) is 5.17. The summed E-state index contributed by atoms with van der Waals surface area (Å²) in [7, 11) is 0. The first-order valence-corrected chi connectivity index (χ1v) is 6.95. The average Bonchev–Trinajstić information content (AvgIpc) is 2.79. The molecule has 0 radical (unpaired) electrons. The number of ether oxygens (including phenoxy) is 1. The number of benzene rings is 1. The molecule has 21 heavy (non-hydrogen) atoms. The number of carbonyl (C=O) groups excluding carboxylic acids is 2. The zero-order valence-electron chi connectivity index (χ0n) is 11.8. The smallest absolute Gasteiger partial charge is 0.303 e. The Kier molecular flexibility index (Phi) is 3.34. The maximum absolute atomic E-state index is 11.9. The highest BCUT2D eigenvalue weighted by Crippen LogP contribution is 2.47. The highest BCUT2D eigenvalue weighted by molar-refractivity contribution is 6.05. The van der Waals surface area contributed by atoms with Gasteiger partial charge in [0.1, 0.15) is 6.10 Å². The fourth-order valence-electron chi connectivity index (χ4n) is 2.92. The fraction of sp³-hybridized carbons (Fsp3) is 0.222. The number of hydrogen-bond donors (Lipinski definition) is 0. The number of carbonyl (C=O) groups is 2. The van der Waals surface area contributed by atoms with Crippen molar-refractivity contribution in [1.82, 2.24) is 0 Å². The Morgan fingerprint density at radius 3 is 2.48 bits per heavy atom. The molecule has 0 bridgehead atoms. The molecule has 0 amide bonds. The molecule has 106 valence electrons. The van der Waals surface area contributed by atoms with Crippen LogP contribution in [0.2, 0.25) is 0 Å². The van der Waals surface area contributed by atoms with Gasteiger partial charge in [-0.15, -0.1) is 0 Å². The predicted molar refractivity (Wildman–Crippen MR) is 80.3 cm³/mol. The first-order chi connectivity index (χ1) is 10.1. The van der Waals surface area contributed by atoms with Gasteiger partial charge in [0.2, 0.25) is 0 Å². The third-order valence-corrected chi connectivity index (χ3v) is 3.83. The minimum absolute atomic E-state index is 0.120. The van der Waals surface area contributed by atoms with Gasteiger partial charge in [-0.2, -0.15) is 0 Å². The van der Waals surface area contributed by atoms with E-state index in [0.717, 1.165) is 11.1 Å². The summed E-state index contributed by atoms with van der Waals surface area (Å²) in [4.78, 5) is 22.9. The molecule has 0 N–H and O–H groups in total.